The summed E-state index contributed by atoms with van der Waals surface area (Å²) >= 11 is 0. The van der Waals surface area contributed by atoms with Crippen molar-refractivity contribution in [2.45, 2.75) is 20.3 Å². The topological polar surface area (TPSA) is 65.8 Å². The molecule has 6 heteroatoms. The molecule has 1 N–H and O–H groups in total. The van der Waals surface area contributed by atoms with Crippen LogP contribution >= 0.6 is 0 Å². The first-order chi connectivity index (χ1) is 15.0. The van der Waals surface area contributed by atoms with Crippen LogP contribution in [0.15, 0.2) is 65.1 Å². The van der Waals surface area contributed by atoms with Crippen molar-refractivity contribution in [2.75, 3.05) is 31.5 Å². The molecule has 0 spiro atoms. The van der Waals surface area contributed by atoms with Crippen molar-refractivity contribution in [1.82, 2.24) is 9.80 Å². The normalized spacial score (nSPS) is 13.9. The Kier molecular flexibility index (Phi) is 6.07. The molecule has 1 saturated heterocycles. The first kappa shape index (κ1) is 20.7. The number of nitrogens with one attached hydrogen (secondary N) is 1. The van der Waals surface area contributed by atoms with Gasteiger partial charge < -0.3 is 19.5 Å². The van der Waals surface area contributed by atoms with Gasteiger partial charge in [-0.25, -0.2) is 4.79 Å². The third-order valence-corrected chi connectivity index (χ3v) is 5.62. The molecule has 6 nitrogen and oxygen atoms in total. The number of piperazine rings is 1. The molecular formula is C25H27N3O3. The quantitative estimate of drug-likeness (QED) is 0.681. The van der Waals surface area contributed by atoms with Gasteiger partial charge >= 0.3 is 6.03 Å². The molecule has 0 unspecified atom stereocenters. The summed E-state index contributed by atoms with van der Waals surface area (Å²) in [6.07, 6.45) is 0.753. The standard InChI is InChI=1S/C25H27N3O3/c1-18-16-22(19(2)31-18)24(29)27-12-14-28(15-13-27)25(30)26-23-11-7-6-10-21(23)17-20-8-4-3-5-9-20/h3-11,16H,12-15,17H2,1-2H3,(H,26,30). The number of urea groups is 1. The Hall–Kier alpha value is -3.54. The molecule has 1 aliphatic rings. The van der Waals surface area contributed by atoms with E-state index in [1.165, 1.54) is 5.56 Å². The van der Waals surface area contributed by atoms with Crippen LogP contribution in [0.2, 0.25) is 0 Å². The van der Waals surface area contributed by atoms with Crippen molar-refractivity contribution in [2.24, 2.45) is 0 Å². The van der Waals surface area contributed by atoms with E-state index in [1.807, 2.05) is 49.4 Å². The zero-order valence-corrected chi connectivity index (χ0v) is 17.9. The molecule has 0 atom stereocenters. The molecule has 31 heavy (non-hydrogen) atoms. The molecule has 0 bridgehead atoms. The van der Waals surface area contributed by atoms with Gasteiger partial charge in [0.15, 0.2) is 0 Å². The zero-order valence-electron chi connectivity index (χ0n) is 17.9. The maximum Gasteiger partial charge on any atom is 0.321 e. The fraction of sp³-hybridized carbons (Fsp3) is 0.280. The fourth-order valence-corrected chi connectivity index (χ4v) is 3.93. The molecule has 1 aromatic heterocycles. The number of anilines is 1. The van der Waals surface area contributed by atoms with Crippen molar-refractivity contribution in [3.05, 3.63) is 88.9 Å². The third kappa shape index (κ3) is 4.79. The van der Waals surface area contributed by atoms with Crippen LogP contribution in [-0.4, -0.2) is 47.9 Å². The maximum absolute atomic E-state index is 12.9. The Bertz CT molecular complexity index is 1070. The summed E-state index contributed by atoms with van der Waals surface area (Å²) in [5.74, 6) is 1.33. The largest absolute Gasteiger partial charge is 0.466 e. The van der Waals surface area contributed by atoms with E-state index in [4.69, 9.17) is 4.42 Å². The van der Waals surface area contributed by atoms with Gasteiger partial charge in [0.2, 0.25) is 0 Å². The smallest absolute Gasteiger partial charge is 0.321 e. The third-order valence-electron chi connectivity index (χ3n) is 5.62. The average molecular weight is 418 g/mol. The SMILES string of the molecule is Cc1cc(C(=O)N2CCN(C(=O)Nc3ccccc3Cc3ccccc3)CC2)c(C)o1. The van der Waals surface area contributed by atoms with Crippen LogP contribution in [0, 0.1) is 13.8 Å². The fourth-order valence-electron chi connectivity index (χ4n) is 3.93. The highest BCUT2D eigenvalue weighted by atomic mass is 16.3. The highest BCUT2D eigenvalue weighted by Gasteiger charge is 2.27. The number of amides is 3. The van der Waals surface area contributed by atoms with Gasteiger partial charge in [-0.1, -0.05) is 48.5 Å². The van der Waals surface area contributed by atoms with Gasteiger partial charge in [0.25, 0.3) is 5.91 Å². The molecule has 1 aliphatic heterocycles. The van der Waals surface area contributed by atoms with Crippen molar-refractivity contribution in [1.29, 1.82) is 0 Å². The van der Waals surface area contributed by atoms with Crippen LogP contribution < -0.4 is 5.32 Å². The van der Waals surface area contributed by atoms with Crippen LogP contribution in [0.1, 0.15) is 33.0 Å². The number of benzene rings is 2. The van der Waals surface area contributed by atoms with Crippen LogP contribution in [0.25, 0.3) is 0 Å². The molecule has 4 rings (SSSR count). The van der Waals surface area contributed by atoms with E-state index in [1.54, 1.807) is 22.8 Å². The van der Waals surface area contributed by atoms with Crippen molar-refractivity contribution in [3.8, 4) is 0 Å². The molecule has 3 amide bonds. The summed E-state index contributed by atoms with van der Waals surface area (Å²) in [6, 6.07) is 19.7. The Labute approximate surface area is 182 Å². The maximum atomic E-state index is 12.9. The van der Waals surface area contributed by atoms with E-state index >= 15 is 0 Å². The first-order valence-electron chi connectivity index (χ1n) is 10.6. The second-order valence-electron chi connectivity index (χ2n) is 7.86. The van der Waals surface area contributed by atoms with Gasteiger partial charge in [0, 0.05) is 31.9 Å². The van der Waals surface area contributed by atoms with E-state index < -0.39 is 0 Å². The van der Waals surface area contributed by atoms with Crippen LogP contribution in [0.5, 0.6) is 0 Å². The lowest BCUT2D eigenvalue weighted by Crippen LogP contribution is -2.51. The molecule has 2 heterocycles. The minimum absolute atomic E-state index is 0.0392. The summed E-state index contributed by atoms with van der Waals surface area (Å²) in [7, 11) is 0. The summed E-state index contributed by atoms with van der Waals surface area (Å²) in [4.78, 5) is 29.2. The average Bonchev–Trinajstić information content (AvgIpc) is 3.13. The molecule has 0 radical (unpaired) electrons. The van der Waals surface area contributed by atoms with Crippen molar-refractivity contribution >= 4 is 17.6 Å². The van der Waals surface area contributed by atoms with Crippen molar-refractivity contribution < 1.29 is 14.0 Å². The summed E-state index contributed by atoms with van der Waals surface area (Å²) in [5, 5.41) is 3.06. The number of furan rings is 1. The van der Waals surface area contributed by atoms with E-state index in [0.717, 1.165) is 23.4 Å². The minimum Gasteiger partial charge on any atom is -0.466 e. The number of para-hydroxylation sites is 1. The monoisotopic (exact) mass is 417 g/mol. The Morgan fingerprint density at radius 1 is 0.903 bits per heavy atom. The number of carbonyl (C=O) groups is 2. The lowest BCUT2D eigenvalue weighted by Gasteiger charge is -2.34. The zero-order chi connectivity index (χ0) is 21.8. The van der Waals surface area contributed by atoms with Crippen LogP contribution in [-0.2, 0) is 6.42 Å². The number of nitrogens with zero attached hydrogens (tertiary/aromatic N) is 2. The van der Waals surface area contributed by atoms with Crippen molar-refractivity contribution in [3.63, 3.8) is 0 Å². The molecule has 1 fully saturated rings. The lowest BCUT2D eigenvalue weighted by atomic mass is 10.0. The minimum atomic E-state index is -0.136. The highest BCUT2D eigenvalue weighted by Crippen LogP contribution is 2.21. The predicted molar refractivity (Wildman–Crippen MR) is 120 cm³/mol. The Morgan fingerprint density at radius 2 is 1.55 bits per heavy atom. The summed E-state index contributed by atoms with van der Waals surface area (Å²) in [5.41, 5.74) is 3.69. The van der Waals surface area contributed by atoms with Gasteiger partial charge in [0.05, 0.1) is 5.56 Å². The van der Waals surface area contributed by atoms with Crippen LogP contribution in [0.4, 0.5) is 10.5 Å². The second kappa shape index (κ2) is 9.08. The van der Waals surface area contributed by atoms with Gasteiger partial charge in [-0.3, -0.25) is 4.79 Å². The van der Waals surface area contributed by atoms with E-state index in [2.05, 4.69) is 17.4 Å². The first-order valence-corrected chi connectivity index (χ1v) is 10.6. The van der Waals surface area contributed by atoms with E-state index in [-0.39, 0.29) is 11.9 Å². The molecule has 160 valence electrons. The molecule has 3 aromatic rings. The van der Waals surface area contributed by atoms with Gasteiger partial charge in [0.1, 0.15) is 11.5 Å². The predicted octanol–water partition coefficient (Wildman–Crippen LogP) is 4.48. The number of hydrogen-bond donors (Lipinski definition) is 1. The molecular weight excluding hydrogens is 390 g/mol. The molecule has 0 saturated carbocycles. The number of aryl methyl sites for hydroxylation is 2. The number of hydrogen-bond acceptors (Lipinski definition) is 3. The number of carbonyl (C=O) groups excluding carboxylic acids is 2. The second-order valence-corrected chi connectivity index (χ2v) is 7.86. The molecule has 0 aliphatic carbocycles. The molecule has 2 aromatic carbocycles. The number of rotatable bonds is 4. The summed E-state index contributed by atoms with van der Waals surface area (Å²) < 4.78 is 5.48. The summed E-state index contributed by atoms with van der Waals surface area (Å²) in [6.45, 7) is 5.63. The van der Waals surface area contributed by atoms with Gasteiger partial charge in [-0.15, -0.1) is 0 Å². The van der Waals surface area contributed by atoms with Gasteiger partial charge in [-0.05, 0) is 43.5 Å². The lowest BCUT2D eigenvalue weighted by molar-refractivity contribution is 0.0670. The highest BCUT2D eigenvalue weighted by molar-refractivity contribution is 5.95. The van der Waals surface area contributed by atoms with E-state index in [9.17, 15) is 9.59 Å². The Balaban J connectivity index is 1.37. The van der Waals surface area contributed by atoms with E-state index in [0.29, 0.717) is 37.5 Å². The van der Waals surface area contributed by atoms with Gasteiger partial charge in [-0.2, -0.15) is 0 Å². The Morgan fingerprint density at radius 3 is 2.23 bits per heavy atom. The van der Waals surface area contributed by atoms with Crippen LogP contribution in [0.3, 0.4) is 0 Å².